The highest BCUT2D eigenvalue weighted by molar-refractivity contribution is 5.96. The molecule has 6 nitrogen and oxygen atoms in total. The molecule has 0 aromatic carbocycles. The molecule has 1 aromatic rings. The number of carbonyl (C=O) groups is 2. The summed E-state index contributed by atoms with van der Waals surface area (Å²) in [4.78, 5) is 25.5. The van der Waals surface area contributed by atoms with E-state index in [1.165, 1.54) is 0 Å². The van der Waals surface area contributed by atoms with E-state index in [9.17, 15) is 9.59 Å². The van der Waals surface area contributed by atoms with Gasteiger partial charge in [-0.25, -0.2) is 0 Å². The minimum atomic E-state index is -0.304. The molecule has 0 saturated carbocycles. The molecule has 2 heterocycles. The number of nitrogens with one attached hydrogen (secondary N) is 1. The van der Waals surface area contributed by atoms with Crippen molar-refractivity contribution in [3.8, 4) is 0 Å². The molecule has 21 heavy (non-hydrogen) atoms. The molecule has 2 amide bonds. The van der Waals surface area contributed by atoms with Crippen molar-refractivity contribution in [2.24, 2.45) is 5.92 Å². The number of carbonyl (C=O) groups excluding carboxylic acids is 2. The Bertz CT molecular complexity index is 534. The third kappa shape index (κ3) is 3.56. The Morgan fingerprint density at radius 2 is 2.10 bits per heavy atom. The number of likely N-dealkylation sites (tertiary alicyclic amines) is 1. The van der Waals surface area contributed by atoms with E-state index >= 15 is 0 Å². The van der Waals surface area contributed by atoms with Crippen LogP contribution in [0, 0.1) is 5.92 Å². The zero-order valence-electron chi connectivity index (χ0n) is 13.0. The Kier molecular flexibility index (Phi) is 4.25. The fourth-order valence-electron chi connectivity index (χ4n) is 2.28. The summed E-state index contributed by atoms with van der Waals surface area (Å²) in [5.74, 6) is -0.0131. The first-order valence-corrected chi connectivity index (χ1v) is 7.24. The number of hydrogen-bond acceptors (Lipinski definition) is 4. The maximum absolute atomic E-state index is 12.1. The highest BCUT2D eigenvalue weighted by Gasteiger charge is 2.33. The summed E-state index contributed by atoms with van der Waals surface area (Å²) in [5.41, 5.74) is 0.795. The van der Waals surface area contributed by atoms with Crippen LogP contribution in [0.15, 0.2) is 12.1 Å². The number of nitrogens with zero attached hydrogens (tertiary/aromatic N) is 3. The summed E-state index contributed by atoms with van der Waals surface area (Å²) in [6, 6.07) is 3.61. The molecule has 1 aliphatic rings. The van der Waals surface area contributed by atoms with Gasteiger partial charge in [-0.3, -0.25) is 9.59 Å². The van der Waals surface area contributed by atoms with E-state index in [2.05, 4.69) is 36.3 Å². The van der Waals surface area contributed by atoms with Gasteiger partial charge >= 0.3 is 0 Å². The predicted molar refractivity (Wildman–Crippen MR) is 79.7 cm³/mol. The lowest BCUT2D eigenvalue weighted by Gasteiger charge is -2.17. The summed E-state index contributed by atoms with van der Waals surface area (Å²) in [5, 5.41) is 10.9. The van der Waals surface area contributed by atoms with Gasteiger partial charge in [-0.05, 0) is 19.1 Å². The van der Waals surface area contributed by atoms with Gasteiger partial charge in [0.15, 0.2) is 5.82 Å². The van der Waals surface area contributed by atoms with Gasteiger partial charge in [-0.1, -0.05) is 20.8 Å². The van der Waals surface area contributed by atoms with Crippen molar-refractivity contribution >= 4 is 17.6 Å². The SMILES string of the molecule is CCN1C[C@H](C(=O)Nc2ccc(C(C)(C)C)nn2)CC1=O. The van der Waals surface area contributed by atoms with E-state index in [-0.39, 0.29) is 29.6 Å². The predicted octanol–water partition coefficient (Wildman–Crippen LogP) is 1.58. The average molecular weight is 290 g/mol. The summed E-state index contributed by atoms with van der Waals surface area (Å²) in [6.45, 7) is 9.20. The third-order valence-electron chi connectivity index (χ3n) is 3.65. The zero-order valence-corrected chi connectivity index (χ0v) is 13.0. The molecule has 1 N–H and O–H groups in total. The van der Waals surface area contributed by atoms with Crippen LogP contribution in [0.1, 0.15) is 39.8 Å². The van der Waals surface area contributed by atoms with Gasteiger partial charge in [0.2, 0.25) is 11.8 Å². The van der Waals surface area contributed by atoms with E-state index in [4.69, 9.17) is 0 Å². The third-order valence-corrected chi connectivity index (χ3v) is 3.65. The Morgan fingerprint density at radius 1 is 1.38 bits per heavy atom. The first-order valence-electron chi connectivity index (χ1n) is 7.24. The summed E-state index contributed by atoms with van der Waals surface area (Å²) in [6.07, 6.45) is 0.271. The molecule has 0 unspecified atom stereocenters. The quantitative estimate of drug-likeness (QED) is 0.917. The summed E-state index contributed by atoms with van der Waals surface area (Å²) in [7, 11) is 0. The van der Waals surface area contributed by atoms with Gasteiger partial charge in [-0.2, -0.15) is 5.10 Å². The number of aromatic nitrogens is 2. The van der Waals surface area contributed by atoms with Crippen molar-refractivity contribution in [2.75, 3.05) is 18.4 Å². The molecule has 1 aliphatic heterocycles. The highest BCUT2D eigenvalue weighted by Crippen LogP contribution is 2.21. The Labute approximate surface area is 124 Å². The molecule has 2 rings (SSSR count). The van der Waals surface area contributed by atoms with Crippen LogP contribution in [-0.4, -0.2) is 40.0 Å². The van der Waals surface area contributed by atoms with Gasteiger partial charge in [0.05, 0.1) is 11.6 Å². The molecule has 0 radical (unpaired) electrons. The summed E-state index contributed by atoms with van der Waals surface area (Å²) >= 11 is 0. The fourth-order valence-corrected chi connectivity index (χ4v) is 2.28. The monoisotopic (exact) mass is 290 g/mol. The van der Waals surface area contributed by atoms with Gasteiger partial charge in [0, 0.05) is 24.9 Å². The van der Waals surface area contributed by atoms with Crippen LogP contribution in [0.4, 0.5) is 5.82 Å². The maximum Gasteiger partial charge on any atom is 0.230 e. The highest BCUT2D eigenvalue weighted by atomic mass is 16.2. The van der Waals surface area contributed by atoms with Crippen molar-refractivity contribution < 1.29 is 9.59 Å². The van der Waals surface area contributed by atoms with Gasteiger partial charge in [-0.15, -0.1) is 5.10 Å². The van der Waals surface area contributed by atoms with E-state index in [0.29, 0.717) is 18.9 Å². The van der Waals surface area contributed by atoms with Gasteiger partial charge in [0.1, 0.15) is 0 Å². The standard InChI is InChI=1S/C15H22N4O2/c1-5-19-9-10(8-13(19)20)14(21)16-12-7-6-11(17-18-12)15(2,3)4/h6-7,10H,5,8-9H2,1-4H3,(H,16,18,21)/t10-/m1/s1. The molecule has 1 aromatic heterocycles. The smallest absolute Gasteiger partial charge is 0.230 e. The maximum atomic E-state index is 12.1. The van der Waals surface area contributed by atoms with Crippen molar-refractivity contribution in [2.45, 2.75) is 39.5 Å². The summed E-state index contributed by atoms with van der Waals surface area (Å²) < 4.78 is 0. The Balaban J connectivity index is 1.99. The molecular weight excluding hydrogens is 268 g/mol. The molecule has 0 aliphatic carbocycles. The fraction of sp³-hybridized carbons (Fsp3) is 0.600. The van der Waals surface area contributed by atoms with E-state index in [0.717, 1.165) is 5.69 Å². The largest absolute Gasteiger partial charge is 0.342 e. The van der Waals surface area contributed by atoms with Gasteiger partial charge < -0.3 is 10.2 Å². The number of anilines is 1. The van der Waals surface area contributed by atoms with Crippen LogP contribution in [-0.2, 0) is 15.0 Å². The van der Waals surface area contributed by atoms with Crippen molar-refractivity contribution in [1.29, 1.82) is 0 Å². The second-order valence-electron chi connectivity index (χ2n) is 6.38. The first-order chi connectivity index (χ1) is 9.81. The van der Waals surface area contributed by atoms with Gasteiger partial charge in [0.25, 0.3) is 0 Å². The molecule has 6 heteroatoms. The second-order valence-corrected chi connectivity index (χ2v) is 6.38. The van der Waals surface area contributed by atoms with E-state index in [1.807, 2.05) is 13.0 Å². The molecule has 114 valence electrons. The molecule has 0 spiro atoms. The molecular formula is C15H22N4O2. The minimum Gasteiger partial charge on any atom is -0.342 e. The lowest BCUT2D eigenvalue weighted by molar-refractivity contribution is -0.128. The molecule has 1 fully saturated rings. The van der Waals surface area contributed by atoms with E-state index < -0.39 is 0 Å². The second kappa shape index (κ2) is 5.79. The normalized spacial score (nSPS) is 19.0. The van der Waals surface area contributed by atoms with Crippen molar-refractivity contribution in [1.82, 2.24) is 15.1 Å². The van der Waals surface area contributed by atoms with E-state index in [1.54, 1.807) is 11.0 Å². The zero-order chi connectivity index (χ0) is 15.6. The molecule has 1 atom stereocenters. The first kappa shape index (κ1) is 15.4. The van der Waals surface area contributed by atoms with Crippen LogP contribution < -0.4 is 5.32 Å². The Hall–Kier alpha value is -1.98. The number of rotatable bonds is 3. The average Bonchev–Trinajstić information content (AvgIpc) is 2.79. The van der Waals surface area contributed by atoms with Crippen LogP contribution in [0.25, 0.3) is 0 Å². The van der Waals surface area contributed by atoms with Crippen LogP contribution in [0.3, 0.4) is 0 Å². The Morgan fingerprint density at radius 3 is 2.57 bits per heavy atom. The van der Waals surface area contributed by atoms with Crippen molar-refractivity contribution in [3.63, 3.8) is 0 Å². The topological polar surface area (TPSA) is 75.2 Å². The lowest BCUT2D eigenvalue weighted by atomic mass is 9.92. The lowest BCUT2D eigenvalue weighted by Crippen LogP contribution is -2.28. The molecule has 1 saturated heterocycles. The van der Waals surface area contributed by atoms with Crippen LogP contribution in [0.5, 0.6) is 0 Å². The minimum absolute atomic E-state index is 0.0341. The van der Waals surface area contributed by atoms with Crippen LogP contribution in [0.2, 0.25) is 0 Å². The number of amides is 2. The number of hydrogen-bond donors (Lipinski definition) is 1. The van der Waals surface area contributed by atoms with Crippen LogP contribution >= 0.6 is 0 Å². The van der Waals surface area contributed by atoms with Crippen molar-refractivity contribution in [3.05, 3.63) is 17.8 Å². The molecule has 0 bridgehead atoms.